The number of aromatic nitrogens is 2. The number of rotatable bonds is 9. The number of amides is 1. The van der Waals surface area contributed by atoms with Gasteiger partial charge in [0.05, 0.1) is 6.54 Å². The summed E-state index contributed by atoms with van der Waals surface area (Å²) in [5.74, 6) is 1.70. The fraction of sp³-hybridized carbons (Fsp3) is 0.231. The molecule has 1 amide bonds. The van der Waals surface area contributed by atoms with E-state index in [2.05, 4.69) is 54.6 Å². The van der Waals surface area contributed by atoms with Crippen LogP contribution in [0.25, 0.3) is 0 Å². The second-order valence-corrected chi connectivity index (χ2v) is 7.79. The molecule has 0 unspecified atom stereocenters. The van der Waals surface area contributed by atoms with Crippen LogP contribution in [0.3, 0.4) is 0 Å². The minimum Gasteiger partial charge on any atom is -0.486 e. The highest BCUT2D eigenvalue weighted by molar-refractivity contribution is 6.01. The van der Waals surface area contributed by atoms with Crippen LogP contribution in [-0.2, 0) is 19.6 Å². The van der Waals surface area contributed by atoms with Crippen molar-refractivity contribution in [1.82, 2.24) is 9.78 Å². The Morgan fingerprint density at radius 3 is 2.69 bits per heavy atom. The summed E-state index contributed by atoms with van der Waals surface area (Å²) in [7, 11) is 0. The van der Waals surface area contributed by atoms with Crippen molar-refractivity contribution in [2.24, 2.45) is 0 Å². The molecule has 2 aromatic heterocycles. The van der Waals surface area contributed by atoms with E-state index in [0.717, 1.165) is 24.2 Å². The lowest BCUT2D eigenvalue weighted by molar-refractivity contribution is 0.0992. The number of anilines is 1. The lowest BCUT2D eigenvalue weighted by Gasteiger charge is -2.05. The predicted octanol–water partition coefficient (Wildman–Crippen LogP) is 5.62. The third kappa shape index (κ3) is 5.66. The summed E-state index contributed by atoms with van der Waals surface area (Å²) in [6.07, 6.45) is 4.01. The maximum absolute atomic E-state index is 12.5. The number of carbonyl (C=O) groups excluding carboxylic acids is 1. The van der Waals surface area contributed by atoms with Crippen LogP contribution in [0.2, 0.25) is 0 Å². The van der Waals surface area contributed by atoms with Gasteiger partial charge in [0.1, 0.15) is 18.1 Å². The van der Waals surface area contributed by atoms with Gasteiger partial charge in [0, 0.05) is 12.3 Å². The first kappa shape index (κ1) is 21.4. The van der Waals surface area contributed by atoms with Gasteiger partial charge >= 0.3 is 0 Å². The number of aryl methyl sites for hydroxylation is 2. The van der Waals surface area contributed by atoms with Gasteiger partial charge in [-0.15, -0.1) is 0 Å². The Bertz CT molecular complexity index is 1180. The van der Waals surface area contributed by atoms with Crippen molar-refractivity contribution in [3.63, 3.8) is 0 Å². The molecule has 0 radical (unpaired) electrons. The van der Waals surface area contributed by atoms with Gasteiger partial charge in [-0.25, -0.2) is 0 Å². The van der Waals surface area contributed by atoms with E-state index in [1.54, 1.807) is 22.9 Å². The molecule has 2 aromatic carbocycles. The second kappa shape index (κ2) is 10.0. The van der Waals surface area contributed by atoms with E-state index in [-0.39, 0.29) is 18.3 Å². The van der Waals surface area contributed by atoms with E-state index in [0.29, 0.717) is 18.1 Å². The van der Waals surface area contributed by atoms with E-state index < -0.39 is 0 Å². The van der Waals surface area contributed by atoms with Gasteiger partial charge in [-0.1, -0.05) is 55.3 Å². The summed E-state index contributed by atoms with van der Waals surface area (Å²) in [5.41, 5.74) is 3.65. The number of benzene rings is 2. The molecule has 4 rings (SSSR count). The van der Waals surface area contributed by atoms with Crippen molar-refractivity contribution in [2.45, 2.75) is 39.8 Å². The minimum atomic E-state index is -0.346. The van der Waals surface area contributed by atoms with E-state index in [4.69, 9.17) is 9.15 Å². The number of furan rings is 1. The third-order valence-electron chi connectivity index (χ3n) is 5.04. The fourth-order valence-corrected chi connectivity index (χ4v) is 3.46. The highest BCUT2D eigenvalue weighted by Gasteiger charge is 2.13. The third-order valence-corrected chi connectivity index (χ3v) is 5.04. The SMILES string of the molecule is CCCc1ccc(OCc2ccc(C(=O)Nc3ccn(Cc4cccc(C)c4)n3)o2)cc1. The number of carbonyl (C=O) groups is 1. The zero-order chi connectivity index (χ0) is 22.3. The first-order valence-corrected chi connectivity index (χ1v) is 10.8. The quantitative estimate of drug-likeness (QED) is 0.375. The number of hydrogen-bond donors (Lipinski definition) is 1. The number of nitrogens with one attached hydrogen (secondary N) is 1. The molecule has 6 nitrogen and oxygen atoms in total. The smallest absolute Gasteiger partial charge is 0.292 e. The van der Waals surface area contributed by atoms with Crippen molar-refractivity contribution in [3.8, 4) is 5.75 Å². The summed E-state index contributed by atoms with van der Waals surface area (Å²) in [4.78, 5) is 12.5. The molecule has 0 spiro atoms. The van der Waals surface area contributed by atoms with Gasteiger partial charge in [0.25, 0.3) is 5.91 Å². The normalized spacial score (nSPS) is 10.8. The first-order chi connectivity index (χ1) is 15.6. The largest absolute Gasteiger partial charge is 0.486 e. The molecular formula is C26H27N3O3. The first-order valence-electron chi connectivity index (χ1n) is 10.8. The topological polar surface area (TPSA) is 69.3 Å². The monoisotopic (exact) mass is 429 g/mol. The molecule has 0 saturated carbocycles. The summed E-state index contributed by atoms with van der Waals surface area (Å²) >= 11 is 0. The summed E-state index contributed by atoms with van der Waals surface area (Å²) in [6.45, 7) is 5.11. The van der Waals surface area contributed by atoms with Crippen molar-refractivity contribution in [1.29, 1.82) is 0 Å². The van der Waals surface area contributed by atoms with Crippen molar-refractivity contribution in [3.05, 3.63) is 101 Å². The van der Waals surface area contributed by atoms with Gasteiger partial charge in [0.15, 0.2) is 11.6 Å². The molecule has 4 aromatic rings. The van der Waals surface area contributed by atoms with Crippen LogP contribution >= 0.6 is 0 Å². The molecule has 6 heteroatoms. The van der Waals surface area contributed by atoms with Crippen LogP contribution < -0.4 is 10.1 Å². The van der Waals surface area contributed by atoms with Gasteiger partial charge in [-0.05, 0) is 48.7 Å². The van der Waals surface area contributed by atoms with Crippen LogP contribution in [0.5, 0.6) is 5.75 Å². The molecule has 0 saturated heterocycles. The van der Waals surface area contributed by atoms with Crippen LogP contribution in [0.4, 0.5) is 5.82 Å². The van der Waals surface area contributed by atoms with Crippen LogP contribution in [-0.4, -0.2) is 15.7 Å². The molecule has 2 heterocycles. The van der Waals surface area contributed by atoms with Crippen LogP contribution in [0.15, 0.2) is 77.3 Å². The maximum Gasteiger partial charge on any atom is 0.292 e. The van der Waals surface area contributed by atoms with E-state index >= 15 is 0 Å². The molecule has 0 aliphatic carbocycles. The van der Waals surface area contributed by atoms with Gasteiger partial charge in [-0.2, -0.15) is 5.10 Å². The number of ether oxygens (including phenoxy) is 1. The lowest BCUT2D eigenvalue weighted by atomic mass is 10.1. The van der Waals surface area contributed by atoms with Gasteiger partial charge in [-0.3, -0.25) is 9.48 Å². The van der Waals surface area contributed by atoms with E-state index in [9.17, 15) is 4.79 Å². The Balaban J connectivity index is 1.30. The molecule has 0 atom stereocenters. The molecule has 32 heavy (non-hydrogen) atoms. The highest BCUT2D eigenvalue weighted by atomic mass is 16.5. The molecular weight excluding hydrogens is 402 g/mol. The Morgan fingerprint density at radius 2 is 1.91 bits per heavy atom. The average Bonchev–Trinajstić information content (AvgIpc) is 3.43. The zero-order valence-electron chi connectivity index (χ0n) is 18.4. The summed E-state index contributed by atoms with van der Waals surface area (Å²) < 4.78 is 13.2. The van der Waals surface area contributed by atoms with Crippen molar-refractivity contribution >= 4 is 11.7 Å². The van der Waals surface area contributed by atoms with E-state index in [1.165, 1.54) is 11.1 Å². The maximum atomic E-state index is 12.5. The zero-order valence-corrected chi connectivity index (χ0v) is 18.4. The van der Waals surface area contributed by atoms with Gasteiger partial charge in [0.2, 0.25) is 0 Å². The van der Waals surface area contributed by atoms with Crippen molar-refractivity contribution < 1.29 is 13.9 Å². The van der Waals surface area contributed by atoms with E-state index in [1.807, 2.05) is 24.4 Å². The molecule has 0 bridgehead atoms. The Hall–Kier alpha value is -3.80. The minimum absolute atomic E-state index is 0.218. The average molecular weight is 430 g/mol. The molecule has 164 valence electrons. The second-order valence-electron chi connectivity index (χ2n) is 7.79. The lowest BCUT2D eigenvalue weighted by Crippen LogP contribution is -2.12. The highest BCUT2D eigenvalue weighted by Crippen LogP contribution is 2.17. The Kier molecular flexibility index (Phi) is 6.70. The molecule has 0 aliphatic heterocycles. The van der Waals surface area contributed by atoms with Crippen molar-refractivity contribution in [2.75, 3.05) is 5.32 Å². The van der Waals surface area contributed by atoms with Crippen LogP contribution in [0, 0.1) is 6.92 Å². The summed E-state index contributed by atoms with van der Waals surface area (Å²) in [5, 5.41) is 7.20. The Morgan fingerprint density at radius 1 is 1.06 bits per heavy atom. The summed E-state index contributed by atoms with van der Waals surface area (Å²) in [6, 6.07) is 21.5. The van der Waals surface area contributed by atoms with Gasteiger partial charge < -0.3 is 14.5 Å². The molecule has 0 fully saturated rings. The molecule has 1 N–H and O–H groups in total. The Labute approximate surface area is 187 Å². The predicted molar refractivity (Wildman–Crippen MR) is 124 cm³/mol. The fourth-order valence-electron chi connectivity index (χ4n) is 3.46. The molecule has 0 aliphatic rings. The number of hydrogen-bond acceptors (Lipinski definition) is 4. The number of nitrogens with zero attached hydrogens (tertiary/aromatic N) is 2. The van der Waals surface area contributed by atoms with Crippen LogP contribution in [0.1, 0.15) is 46.3 Å². The standard InChI is InChI=1S/C26H27N3O3/c1-3-5-20-8-10-22(11-9-20)31-18-23-12-13-24(32-23)26(30)27-25-14-15-29(28-25)17-21-7-4-6-19(2)16-21/h4,6-16H,3,5,17-18H2,1-2H3,(H,27,28,30).